The second-order valence-corrected chi connectivity index (χ2v) is 6.13. The van der Waals surface area contributed by atoms with E-state index in [1.165, 1.54) is 25.7 Å². The van der Waals surface area contributed by atoms with Gasteiger partial charge < -0.3 is 10.1 Å². The Balaban J connectivity index is 1.59. The van der Waals surface area contributed by atoms with Crippen molar-refractivity contribution in [1.29, 1.82) is 0 Å². The standard InChI is InChI=1S/C15H21N5O/c1-21-12-5-3-2-4-11(12)16-13-8-9-14-17-18-15(10-6-7-10)20(14)19-13/h8-12H,2-7H2,1H3,(H,16,19)/t11-,12+/m1/s1. The van der Waals surface area contributed by atoms with E-state index >= 15 is 0 Å². The molecule has 0 spiro atoms. The van der Waals surface area contributed by atoms with E-state index in [0.717, 1.165) is 30.1 Å². The number of hydrogen-bond acceptors (Lipinski definition) is 5. The van der Waals surface area contributed by atoms with Crippen molar-refractivity contribution in [3.8, 4) is 0 Å². The van der Waals surface area contributed by atoms with Gasteiger partial charge in [-0.2, -0.15) is 4.52 Å². The zero-order valence-corrected chi connectivity index (χ0v) is 12.3. The summed E-state index contributed by atoms with van der Waals surface area (Å²) in [6.45, 7) is 0. The number of aromatic nitrogens is 4. The average molecular weight is 287 g/mol. The average Bonchev–Trinajstić information content (AvgIpc) is 3.28. The maximum Gasteiger partial charge on any atom is 0.178 e. The highest BCUT2D eigenvalue weighted by Gasteiger charge is 2.30. The molecule has 2 aliphatic rings. The zero-order valence-electron chi connectivity index (χ0n) is 12.3. The molecule has 0 unspecified atom stereocenters. The quantitative estimate of drug-likeness (QED) is 0.935. The molecule has 112 valence electrons. The number of anilines is 1. The van der Waals surface area contributed by atoms with Crippen LogP contribution in [0.5, 0.6) is 0 Å². The van der Waals surface area contributed by atoms with Crippen LogP contribution in [0.2, 0.25) is 0 Å². The highest BCUT2D eigenvalue weighted by Crippen LogP contribution is 2.38. The molecular weight excluding hydrogens is 266 g/mol. The van der Waals surface area contributed by atoms with Crippen LogP contribution >= 0.6 is 0 Å². The van der Waals surface area contributed by atoms with E-state index in [0.29, 0.717) is 12.0 Å². The normalized spacial score (nSPS) is 26.1. The highest BCUT2D eigenvalue weighted by molar-refractivity contribution is 5.45. The second kappa shape index (κ2) is 5.26. The number of nitrogens with one attached hydrogen (secondary N) is 1. The molecule has 0 radical (unpaired) electrons. The SMILES string of the molecule is CO[C@H]1CCCC[C@H]1Nc1ccc2nnc(C3CC3)n2n1. The van der Waals surface area contributed by atoms with Crippen LogP contribution in [-0.4, -0.2) is 39.1 Å². The summed E-state index contributed by atoms with van der Waals surface area (Å²) >= 11 is 0. The van der Waals surface area contributed by atoms with E-state index in [1.54, 1.807) is 7.11 Å². The van der Waals surface area contributed by atoms with Gasteiger partial charge in [0.25, 0.3) is 0 Å². The fraction of sp³-hybridized carbons (Fsp3) is 0.667. The summed E-state index contributed by atoms with van der Waals surface area (Å²) < 4.78 is 7.49. The topological polar surface area (TPSA) is 64.3 Å². The van der Waals surface area contributed by atoms with E-state index in [9.17, 15) is 0 Å². The fourth-order valence-corrected chi connectivity index (χ4v) is 3.21. The van der Waals surface area contributed by atoms with Crippen LogP contribution < -0.4 is 5.32 Å². The van der Waals surface area contributed by atoms with Crippen molar-refractivity contribution in [2.24, 2.45) is 0 Å². The molecule has 2 aromatic rings. The number of nitrogens with zero attached hydrogens (tertiary/aromatic N) is 4. The zero-order chi connectivity index (χ0) is 14.2. The molecule has 21 heavy (non-hydrogen) atoms. The lowest BCUT2D eigenvalue weighted by atomic mass is 9.92. The molecule has 0 aromatic carbocycles. The van der Waals surface area contributed by atoms with Gasteiger partial charge in [0, 0.05) is 13.0 Å². The number of methoxy groups -OCH3 is 1. The van der Waals surface area contributed by atoms with Gasteiger partial charge in [-0.1, -0.05) is 12.8 Å². The van der Waals surface area contributed by atoms with Gasteiger partial charge in [0.05, 0.1) is 12.1 Å². The van der Waals surface area contributed by atoms with Crippen LogP contribution in [0.15, 0.2) is 12.1 Å². The third-order valence-electron chi connectivity index (χ3n) is 4.57. The van der Waals surface area contributed by atoms with Crippen molar-refractivity contribution in [3.05, 3.63) is 18.0 Å². The molecule has 2 heterocycles. The molecule has 0 aliphatic heterocycles. The van der Waals surface area contributed by atoms with E-state index in [4.69, 9.17) is 4.74 Å². The lowest BCUT2D eigenvalue weighted by molar-refractivity contribution is 0.0605. The number of rotatable bonds is 4. The maximum absolute atomic E-state index is 5.60. The molecule has 1 N–H and O–H groups in total. The maximum atomic E-state index is 5.60. The molecule has 2 aromatic heterocycles. The van der Waals surface area contributed by atoms with Gasteiger partial charge >= 0.3 is 0 Å². The van der Waals surface area contributed by atoms with Crippen molar-refractivity contribution in [2.45, 2.75) is 56.6 Å². The Morgan fingerprint density at radius 2 is 2.00 bits per heavy atom. The van der Waals surface area contributed by atoms with Crippen LogP contribution in [0.3, 0.4) is 0 Å². The van der Waals surface area contributed by atoms with Gasteiger partial charge in [-0.05, 0) is 37.8 Å². The van der Waals surface area contributed by atoms with Crippen molar-refractivity contribution in [2.75, 3.05) is 12.4 Å². The van der Waals surface area contributed by atoms with Gasteiger partial charge in [0.15, 0.2) is 11.5 Å². The minimum absolute atomic E-state index is 0.278. The van der Waals surface area contributed by atoms with Crippen molar-refractivity contribution in [3.63, 3.8) is 0 Å². The Bertz CT molecular complexity index is 636. The molecule has 2 saturated carbocycles. The smallest absolute Gasteiger partial charge is 0.178 e. The van der Waals surface area contributed by atoms with E-state index in [2.05, 4.69) is 20.6 Å². The van der Waals surface area contributed by atoms with E-state index < -0.39 is 0 Å². The summed E-state index contributed by atoms with van der Waals surface area (Å²) in [5, 5.41) is 16.7. The number of hydrogen-bond donors (Lipinski definition) is 1. The van der Waals surface area contributed by atoms with Crippen molar-refractivity contribution < 1.29 is 4.74 Å². The lowest BCUT2D eigenvalue weighted by Gasteiger charge is -2.31. The monoisotopic (exact) mass is 287 g/mol. The van der Waals surface area contributed by atoms with Gasteiger partial charge in [0.2, 0.25) is 0 Å². The van der Waals surface area contributed by atoms with Gasteiger partial charge in [0.1, 0.15) is 5.82 Å². The summed E-state index contributed by atoms with van der Waals surface area (Å²) in [7, 11) is 1.80. The minimum atomic E-state index is 0.278. The summed E-state index contributed by atoms with van der Waals surface area (Å²) in [6, 6.07) is 4.32. The molecular formula is C15H21N5O. The predicted octanol–water partition coefficient (Wildman–Crippen LogP) is 2.37. The molecule has 4 rings (SSSR count). The number of ether oxygens (including phenoxy) is 1. The molecule has 2 fully saturated rings. The molecule has 6 heteroatoms. The Morgan fingerprint density at radius 3 is 2.81 bits per heavy atom. The minimum Gasteiger partial charge on any atom is -0.379 e. The Kier molecular flexibility index (Phi) is 3.25. The Morgan fingerprint density at radius 1 is 1.14 bits per heavy atom. The summed E-state index contributed by atoms with van der Waals surface area (Å²) in [4.78, 5) is 0. The largest absolute Gasteiger partial charge is 0.379 e. The van der Waals surface area contributed by atoms with Crippen molar-refractivity contribution in [1.82, 2.24) is 19.8 Å². The second-order valence-electron chi connectivity index (χ2n) is 6.13. The molecule has 0 saturated heterocycles. The molecule has 2 atom stereocenters. The highest BCUT2D eigenvalue weighted by atomic mass is 16.5. The van der Waals surface area contributed by atoms with Crippen molar-refractivity contribution >= 4 is 11.5 Å². The fourth-order valence-electron chi connectivity index (χ4n) is 3.21. The first-order valence-electron chi connectivity index (χ1n) is 7.87. The summed E-state index contributed by atoms with van der Waals surface area (Å²) in [5.74, 6) is 2.43. The van der Waals surface area contributed by atoms with Crippen LogP contribution in [0.4, 0.5) is 5.82 Å². The van der Waals surface area contributed by atoms with Crippen LogP contribution in [0, 0.1) is 0 Å². The molecule has 6 nitrogen and oxygen atoms in total. The van der Waals surface area contributed by atoms with Crippen LogP contribution in [-0.2, 0) is 4.74 Å². The molecule has 0 amide bonds. The molecule has 2 aliphatic carbocycles. The van der Waals surface area contributed by atoms with Gasteiger partial charge in [-0.25, -0.2) is 0 Å². The Labute approximate surface area is 123 Å². The first kappa shape index (κ1) is 13.0. The third kappa shape index (κ3) is 2.48. The first-order chi connectivity index (χ1) is 10.3. The first-order valence-corrected chi connectivity index (χ1v) is 7.87. The summed E-state index contributed by atoms with van der Waals surface area (Å²) in [6.07, 6.45) is 7.44. The van der Waals surface area contributed by atoms with Crippen LogP contribution in [0.25, 0.3) is 5.65 Å². The van der Waals surface area contributed by atoms with Gasteiger partial charge in [-0.15, -0.1) is 15.3 Å². The van der Waals surface area contributed by atoms with E-state index in [-0.39, 0.29) is 6.10 Å². The van der Waals surface area contributed by atoms with Crippen LogP contribution in [0.1, 0.15) is 50.3 Å². The Hall–Kier alpha value is -1.69. The van der Waals surface area contributed by atoms with E-state index in [1.807, 2.05) is 16.6 Å². The van der Waals surface area contributed by atoms with Gasteiger partial charge in [-0.3, -0.25) is 0 Å². The summed E-state index contributed by atoms with van der Waals surface area (Å²) in [5.41, 5.74) is 0.828. The molecule has 0 bridgehead atoms. The predicted molar refractivity (Wildman–Crippen MR) is 79.4 cm³/mol. The third-order valence-corrected chi connectivity index (χ3v) is 4.57. The number of fused-ring (bicyclic) bond motifs is 1. The lowest BCUT2D eigenvalue weighted by Crippen LogP contribution is -2.38.